The van der Waals surface area contributed by atoms with E-state index in [0.29, 0.717) is 5.41 Å². The summed E-state index contributed by atoms with van der Waals surface area (Å²) in [6, 6.07) is 0. The normalized spacial score (nSPS) is 25.5. The Bertz CT molecular complexity index is 91.4. The van der Waals surface area contributed by atoms with Gasteiger partial charge in [-0.25, -0.2) is 0 Å². The molecule has 0 aromatic rings. The van der Waals surface area contributed by atoms with E-state index in [-0.39, 0.29) is 32.7 Å². The van der Waals surface area contributed by atoms with Gasteiger partial charge in [0.1, 0.15) is 0 Å². The first kappa shape index (κ1) is 11.1. The van der Waals surface area contributed by atoms with E-state index in [1.807, 2.05) is 0 Å². The molecule has 0 atom stereocenters. The van der Waals surface area contributed by atoms with Gasteiger partial charge in [-0.3, -0.25) is 7.05 Å². The number of nitrogens with zero attached hydrogens (tertiary/aromatic N) is 1. The molecule has 1 radical (unpaired) electrons. The number of rotatable bonds is 0. The molecular weight excluding hydrogens is 199 g/mol. The van der Waals surface area contributed by atoms with E-state index in [9.17, 15) is 0 Å². The molecule has 10 heavy (non-hydrogen) atoms. The zero-order chi connectivity index (χ0) is 6.91. The van der Waals surface area contributed by atoms with Crippen molar-refractivity contribution in [3.8, 4) is 0 Å². The molecule has 1 nitrogen and oxygen atoms in total. The molecule has 57 valence electrons. The Morgan fingerprint density at radius 2 is 1.60 bits per heavy atom. The topological polar surface area (TPSA) is 3.24 Å². The molecule has 0 aromatic carbocycles. The van der Waals surface area contributed by atoms with E-state index in [2.05, 4.69) is 25.8 Å². The van der Waals surface area contributed by atoms with Gasteiger partial charge in [-0.1, -0.05) is 13.8 Å². The maximum atomic E-state index is 3.90. The number of hydrogen-bond donors (Lipinski definition) is 0. The quantitative estimate of drug-likeness (QED) is 0.558. The van der Waals surface area contributed by atoms with Crippen LogP contribution in [0.2, 0.25) is 0 Å². The van der Waals surface area contributed by atoms with Crippen molar-refractivity contribution in [3.05, 3.63) is 7.05 Å². The van der Waals surface area contributed by atoms with Gasteiger partial charge in [0, 0.05) is 32.7 Å². The van der Waals surface area contributed by atoms with E-state index < -0.39 is 0 Å². The molecule has 1 aliphatic heterocycles. The van der Waals surface area contributed by atoms with Gasteiger partial charge in [0.25, 0.3) is 0 Å². The molecule has 0 aromatic heterocycles. The predicted molar refractivity (Wildman–Crippen MR) is 39.9 cm³/mol. The first-order chi connectivity index (χ1) is 4.10. The number of hydrogen-bond acceptors (Lipinski definition) is 1. The Kier molecular flexibility index (Phi) is 4.62. The third kappa shape index (κ3) is 3.45. The van der Waals surface area contributed by atoms with Crippen molar-refractivity contribution >= 4 is 0 Å². The van der Waals surface area contributed by atoms with Gasteiger partial charge in [0.05, 0.1) is 0 Å². The fraction of sp³-hybridized carbons (Fsp3) is 0.875. The van der Waals surface area contributed by atoms with Crippen LogP contribution in [0.3, 0.4) is 0 Å². The summed E-state index contributed by atoms with van der Waals surface area (Å²) in [7, 11) is 3.90. The van der Waals surface area contributed by atoms with Crippen molar-refractivity contribution in [2.24, 2.45) is 5.41 Å². The summed E-state index contributed by atoms with van der Waals surface area (Å²) in [5.41, 5.74) is 0.578. The second-order valence-corrected chi connectivity index (χ2v) is 3.78. The number of piperidine rings is 1. The van der Waals surface area contributed by atoms with Gasteiger partial charge in [-0.15, -0.1) is 0 Å². The molecular formula is C8H16NY-. The average Bonchev–Trinajstić information content (AvgIpc) is 1.78. The van der Waals surface area contributed by atoms with Gasteiger partial charge >= 0.3 is 0 Å². The largest absolute Gasteiger partial charge is 0.459 e. The molecule has 0 unspecified atom stereocenters. The summed E-state index contributed by atoms with van der Waals surface area (Å²) >= 11 is 0. The monoisotopic (exact) mass is 215 g/mol. The molecule has 0 N–H and O–H groups in total. The van der Waals surface area contributed by atoms with Gasteiger partial charge in [0.15, 0.2) is 0 Å². The Labute approximate surface area is 89.4 Å². The molecule has 1 fully saturated rings. The maximum Gasteiger partial charge on any atom is 0 e. The first-order valence-corrected chi connectivity index (χ1v) is 3.66. The Hall–Kier alpha value is 1.06. The van der Waals surface area contributed by atoms with Gasteiger partial charge in [-0.2, -0.15) is 0 Å². The summed E-state index contributed by atoms with van der Waals surface area (Å²) in [6.07, 6.45) is 2.60. The van der Waals surface area contributed by atoms with Crippen LogP contribution in [0.5, 0.6) is 0 Å². The zero-order valence-corrected chi connectivity index (χ0v) is 9.90. The van der Waals surface area contributed by atoms with Crippen molar-refractivity contribution in [1.29, 1.82) is 0 Å². The summed E-state index contributed by atoms with van der Waals surface area (Å²) in [6.45, 7) is 7.01. The molecule has 0 amide bonds. The SMILES string of the molecule is [CH2-]N1CCC(C)(C)CC1.[Y]. The minimum Gasteiger partial charge on any atom is -0.459 e. The minimum atomic E-state index is 0. The van der Waals surface area contributed by atoms with Gasteiger partial charge in [0.2, 0.25) is 0 Å². The van der Waals surface area contributed by atoms with E-state index >= 15 is 0 Å². The van der Waals surface area contributed by atoms with Crippen molar-refractivity contribution in [2.75, 3.05) is 13.1 Å². The van der Waals surface area contributed by atoms with Crippen LogP contribution in [-0.4, -0.2) is 18.0 Å². The second kappa shape index (κ2) is 4.18. The summed E-state index contributed by atoms with van der Waals surface area (Å²) in [4.78, 5) is 2.16. The van der Waals surface area contributed by atoms with Crippen molar-refractivity contribution in [2.45, 2.75) is 26.7 Å². The van der Waals surface area contributed by atoms with Crippen LogP contribution in [-0.2, 0) is 32.7 Å². The summed E-state index contributed by atoms with van der Waals surface area (Å²) in [5.74, 6) is 0. The standard InChI is InChI=1S/C8H16N.Y/c1-8(2)4-6-9(3)7-5-8;/h3-7H2,1-2H3;/q-1;. The van der Waals surface area contributed by atoms with E-state index in [1.54, 1.807) is 0 Å². The van der Waals surface area contributed by atoms with Gasteiger partial charge < -0.3 is 4.90 Å². The maximum absolute atomic E-state index is 3.90. The first-order valence-electron chi connectivity index (χ1n) is 3.66. The van der Waals surface area contributed by atoms with E-state index in [4.69, 9.17) is 0 Å². The fourth-order valence-electron chi connectivity index (χ4n) is 1.16. The van der Waals surface area contributed by atoms with Crippen molar-refractivity contribution in [3.63, 3.8) is 0 Å². The van der Waals surface area contributed by atoms with Crippen LogP contribution in [0.1, 0.15) is 26.7 Å². The Morgan fingerprint density at radius 1 is 1.20 bits per heavy atom. The number of likely N-dealkylation sites (tertiary alicyclic amines) is 1. The van der Waals surface area contributed by atoms with Crippen LogP contribution >= 0.6 is 0 Å². The summed E-state index contributed by atoms with van der Waals surface area (Å²) in [5, 5.41) is 0. The van der Waals surface area contributed by atoms with Crippen LogP contribution < -0.4 is 0 Å². The molecule has 1 aliphatic rings. The average molecular weight is 215 g/mol. The molecule has 1 rings (SSSR count). The van der Waals surface area contributed by atoms with Crippen molar-refractivity contribution in [1.82, 2.24) is 4.90 Å². The molecule has 0 aliphatic carbocycles. The summed E-state index contributed by atoms with van der Waals surface area (Å²) < 4.78 is 0. The molecule has 0 bridgehead atoms. The van der Waals surface area contributed by atoms with Crippen LogP contribution in [0.4, 0.5) is 0 Å². The van der Waals surface area contributed by atoms with Crippen molar-refractivity contribution < 1.29 is 32.7 Å². The van der Waals surface area contributed by atoms with Crippen LogP contribution in [0, 0.1) is 12.5 Å². The molecule has 0 saturated carbocycles. The van der Waals surface area contributed by atoms with Crippen LogP contribution in [0.25, 0.3) is 0 Å². The molecule has 1 saturated heterocycles. The predicted octanol–water partition coefficient (Wildman–Crippen LogP) is 1.90. The van der Waals surface area contributed by atoms with E-state index in [0.717, 1.165) is 0 Å². The smallest absolute Gasteiger partial charge is 0 e. The van der Waals surface area contributed by atoms with E-state index in [1.165, 1.54) is 25.9 Å². The second-order valence-electron chi connectivity index (χ2n) is 3.78. The fourth-order valence-corrected chi connectivity index (χ4v) is 1.16. The van der Waals surface area contributed by atoms with Gasteiger partial charge in [-0.05, 0) is 31.3 Å². The minimum absolute atomic E-state index is 0. The Balaban J connectivity index is 0.000000810. The van der Waals surface area contributed by atoms with Crippen LogP contribution in [0.15, 0.2) is 0 Å². The molecule has 0 spiro atoms. The Morgan fingerprint density at radius 3 is 1.90 bits per heavy atom. The molecule has 2 heteroatoms. The zero-order valence-electron chi connectivity index (χ0n) is 7.06. The third-order valence-electron chi connectivity index (χ3n) is 2.21. The molecule has 1 heterocycles. The third-order valence-corrected chi connectivity index (χ3v) is 2.21.